The number of halogens is 1. The topological polar surface area (TPSA) is 49.3 Å². The Balaban J connectivity index is 2.18. The molecule has 1 aliphatic rings. The van der Waals surface area contributed by atoms with Crippen molar-refractivity contribution in [3.8, 4) is 11.8 Å². The molecule has 0 bridgehead atoms. The maximum atomic E-state index is 13.3. The Hall–Kier alpha value is -1.86. The van der Waals surface area contributed by atoms with Gasteiger partial charge < -0.3 is 10.4 Å². The Morgan fingerprint density at radius 2 is 2.29 bits per heavy atom. The number of nitrogens with one attached hydrogen (secondary N) is 1. The molecular weight excluding hydrogens is 269 g/mol. The van der Waals surface area contributed by atoms with Crippen molar-refractivity contribution < 1.29 is 14.3 Å². The van der Waals surface area contributed by atoms with E-state index in [1.807, 2.05) is 0 Å². The Morgan fingerprint density at radius 1 is 1.48 bits per heavy atom. The molecule has 1 saturated carbocycles. The molecule has 1 aliphatic carbocycles. The summed E-state index contributed by atoms with van der Waals surface area (Å²) in [5.74, 6) is 5.33. The Labute approximate surface area is 124 Å². The summed E-state index contributed by atoms with van der Waals surface area (Å²) in [4.78, 5) is 12.4. The molecule has 1 fully saturated rings. The molecule has 2 unspecified atom stereocenters. The molecule has 2 atom stereocenters. The Morgan fingerprint density at radius 3 is 2.95 bits per heavy atom. The number of amides is 1. The van der Waals surface area contributed by atoms with Crippen LogP contribution in [0.15, 0.2) is 18.2 Å². The lowest BCUT2D eigenvalue weighted by Crippen LogP contribution is -2.36. The maximum absolute atomic E-state index is 13.3. The van der Waals surface area contributed by atoms with Crippen LogP contribution in [0.3, 0.4) is 0 Å². The van der Waals surface area contributed by atoms with E-state index < -0.39 is 5.82 Å². The minimum Gasteiger partial charge on any atom is -0.395 e. The molecule has 0 heterocycles. The number of carbonyl (C=O) groups excluding carboxylic acids is 1. The predicted molar refractivity (Wildman–Crippen MR) is 79.3 cm³/mol. The third-order valence-electron chi connectivity index (χ3n) is 3.86. The summed E-state index contributed by atoms with van der Waals surface area (Å²) < 4.78 is 13.3. The normalized spacial score (nSPS) is 20.7. The third-order valence-corrected chi connectivity index (χ3v) is 3.86. The zero-order valence-electron chi connectivity index (χ0n) is 12.2. The minimum absolute atomic E-state index is 0.0521. The first-order chi connectivity index (χ1) is 10.1. The van der Waals surface area contributed by atoms with Crippen molar-refractivity contribution in [1.29, 1.82) is 0 Å². The number of rotatable bonds is 3. The monoisotopic (exact) mass is 289 g/mol. The van der Waals surface area contributed by atoms with Crippen LogP contribution in [-0.2, 0) is 0 Å². The zero-order chi connectivity index (χ0) is 15.2. The fourth-order valence-electron chi connectivity index (χ4n) is 2.64. The first-order valence-corrected chi connectivity index (χ1v) is 7.32. The molecule has 1 aromatic carbocycles. The van der Waals surface area contributed by atoms with E-state index in [0.29, 0.717) is 23.5 Å². The summed E-state index contributed by atoms with van der Waals surface area (Å²) in [6, 6.07) is 4.18. The van der Waals surface area contributed by atoms with E-state index in [4.69, 9.17) is 5.11 Å². The molecule has 2 N–H and O–H groups in total. The second-order valence-corrected chi connectivity index (χ2v) is 5.45. The standard InChI is InChI=1S/C17H20FNO2/c1-12-5-4-7-16(12)19-17(21)15-9-8-14(18)11-13(15)6-2-3-10-20/h8-9,11-12,16,20H,3-5,7,10H2,1H3,(H,19,21). The fraction of sp³-hybridized carbons (Fsp3) is 0.471. The van der Waals surface area contributed by atoms with Crippen LogP contribution in [0.1, 0.15) is 48.5 Å². The molecular formula is C17H20FNO2. The summed E-state index contributed by atoms with van der Waals surface area (Å²) in [5.41, 5.74) is 0.757. The van der Waals surface area contributed by atoms with E-state index >= 15 is 0 Å². The SMILES string of the molecule is CC1CCCC1NC(=O)c1ccc(F)cc1C#CCCO. The van der Waals surface area contributed by atoms with Gasteiger partial charge >= 0.3 is 0 Å². The van der Waals surface area contributed by atoms with E-state index in [9.17, 15) is 9.18 Å². The second kappa shape index (κ2) is 7.24. The highest BCUT2D eigenvalue weighted by molar-refractivity contribution is 5.97. The van der Waals surface area contributed by atoms with Crippen molar-refractivity contribution >= 4 is 5.91 Å². The number of aliphatic hydroxyl groups excluding tert-OH is 1. The molecule has 0 aromatic heterocycles. The largest absolute Gasteiger partial charge is 0.395 e. The summed E-state index contributed by atoms with van der Waals surface area (Å²) in [6.07, 6.45) is 3.53. The molecule has 112 valence electrons. The van der Waals surface area contributed by atoms with Crippen LogP contribution in [-0.4, -0.2) is 23.7 Å². The van der Waals surface area contributed by atoms with Crippen molar-refractivity contribution in [2.24, 2.45) is 5.92 Å². The lowest BCUT2D eigenvalue weighted by atomic mass is 10.0. The molecule has 0 spiro atoms. The number of hydrogen-bond donors (Lipinski definition) is 2. The van der Waals surface area contributed by atoms with Crippen molar-refractivity contribution in [3.63, 3.8) is 0 Å². The average molecular weight is 289 g/mol. The van der Waals surface area contributed by atoms with E-state index in [2.05, 4.69) is 24.1 Å². The lowest BCUT2D eigenvalue weighted by molar-refractivity contribution is 0.0929. The Kier molecular flexibility index (Phi) is 5.35. The van der Waals surface area contributed by atoms with Crippen LogP contribution in [0, 0.1) is 23.6 Å². The first-order valence-electron chi connectivity index (χ1n) is 7.32. The van der Waals surface area contributed by atoms with Crippen molar-refractivity contribution in [2.45, 2.75) is 38.6 Å². The summed E-state index contributed by atoms with van der Waals surface area (Å²) in [7, 11) is 0. The molecule has 0 saturated heterocycles. The van der Waals surface area contributed by atoms with Crippen LogP contribution in [0.2, 0.25) is 0 Å². The number of aliphatic hydroxyl groups is 1. The molecule has 0 radical (unpaired) electrons. The van der Waals surface area contributed by atoms with E-state index in [-0.39, 0.29) is 18.6 Å². The fourth-order valence-corrected chi connectivity index (χ4v) is 2.64. The minimum atomic E-state index is -0.422. The molecule has 2 rings (SSSR count). The smallest absolute Gasteiger partial charge is 0.252 e. The van der Waals surface area contributed by atoms with Crippen LogP contribution in [0.5, 0.6) is 0 Å². The quantitative estimate of drug-likeness (QED) is 0.840. The first kappa shape index (κ1) is 15.5. The van der Waals surface area contributed by atoms with Gasteiger partial charge in [0.1, 0.15) is 5.82 Å². The molecule has 1 aromatic rings. The van der Waals surface area contributed by atoms with Crippen LogP contribution < -0.4 is 5.32 Å². The van der Waals surface area contributed by atoms with Gasteiger partial charge in [0.15, 0.2) is 0 Å². The van der Waals surface area contributed by atoms with Crippen LogP contribution in [0.25, 0.3) is 0 Å². The molecule has 1 amide bonds. The van der Waals surface area contributed by atoms with Gasteiger partial charge in [0.2, 0.25) is 0 Å². The van der Waals surface area contributed by atoms with Gasteiger partial charge in [-0.1, -0.05) is 25.2 Å². The highest BCUT2D eigenvalue weighted by Crippen LogP contribution is 2.25. The van der Waals surface area contributed by atoms with Gasteiger partial charge in [0.25, 0.3) is 5.91 Å². The average Bonchev–Trinajstić information content (AvgIpc) is 2.84. The van der Waals surface area contributed by atoms with Gasteiger partial charge in [-0.05, 0) is 37.0 Å². The van der Waals surface area contributed by atoms with Crippen LogP contribution >= 0.6 is 0 Å². The summed E-state index contributed by atoms with van der Waals surface area (Å²) >= 11 is 0. The molecule has 4 heteroatoms. The molecule has 3 nitrogen and oxygen atoms in total. The third kappa shape index (κ3) is 4.05. The number of hydrogen-bond acceptors (Lipinski definition) is 2. The van der Waals surface area contributed by atoms with Gasteiger partial charge in [-0.15, -0.1) is 0 Å². The lowest BCUT2D eigenvalue weighted by Gasteiger charge is -2.17. The number of carbonyl (C=O) groups is 1. The van der Waals surface area contributed by atoms with Gasteiger partial charge in [-0.25, -0.2) is 4.39 Å². The van der Waals surface area contributed by atoms with Crippen molar-refractivity contribution in [2.75, 3.05) is 6.61 Å². The Bertz CT molecular complexity index is 574. The highest BCUT2D eigenvalue weighted by atomic mass is 19.1. The summed E-state index contributed by atoms with van der Waals surface area (Å²) in [5, 5.41) is 11.8. The maximum Gasteiger partial charge on any atom is 0.252 e. The van der Waals surface area contributed by atoms with Gasteiger partial charge in [0.05, 0.1) is 12.2 Å². The highest BCUT2D eigenvalue weighted by Gasteiger charge is 2.25. The van der Waals surface area contributed by atoms with Crippen molar-refractivity contribution in [3.05, 3.63) is 35.1 Å². The van der Waals surface area contributed by atoms with Gasteiger partial charge in [-0.2, -0.15) is 0 Å². The predicted octanol–water partition coefficient (Wildman–Crippen LogP) is 2.48. The number of benzene rings is 1. The molecule has 0 aliphatic heterocycles. The van der Waals surface area contributed by atoms with Crippen molar-refractivity contribution in [1.82, 2.24) is 5.32 Å². The zero-order valence-corrected chi connectivity index (χ0v) is 12.2. The second-order valence-electron chi connectivity index (χ2n) is 5.45. The van der Waals surface area contributed by atoms with E-state index in [0.717, 1.165) is 19.3 Å². The van der Waals surface area contributed by atoms with E-state index in [1.54, 1.807) is 0 Å². The van der Waals surface area contributed by atoms with Gasteiger partial charge in [-0.3, -0.25) is 4.79 Å². The van der Waals surface area contributed by atoms with Gasteiger partial charge in [0, 0.05) is 18.0 Å². The summed E-state index contributed by atoms with van der Waals surface area (Å²) in [6.45, 7) is 2.08. The molecule has 21 heavy (non-hydrogen) atoms. The van der Waals surface area contributed by atoms with E-state index in [1.165, 1.54) is 18.2 Å². The van der Waals surface area contributed by atoms with Crippen LogP contribution in [0.4, 0.5) is 4.39 Å².